The number of morpholine rings is 1. The molecule has 7 nitrogen and oxygen atoms in total. The van der Waals surface area contributed by atoms with Crippen molar-refractivity contribution in [1.29, 1.82) is 0 Å². The number of benzene rings is 1. The van der Waals surface area contributed by atoms with Crippen LogP contribution in [0.25, 0.3) is 22.3 Å². The Morgan fingerprint density at radius 3 is 2.74 bits per heavy atom. The van der Waals surface area contributed by atoms with E-state index in [-0.39, 0.29) is 11.9 Å². The number of H-pyrrole nitrogens is 1. The lowest BCUT2D eigenvalue weighted by atomic mass is 10.1. The van der Waals surface area contributed by atoms with E-state index in [1.54, 1.807) is 24.5 Å². The number of aromatic nitrogens is 4. The molecule has 0 saturated carbocycles. The van der Waals surface area contributed by atoms with Crippen molar-refractivity contribution in [3.8, 4) is 11.4 Å². The first-order chi connectivity index (χ1) is 15.1. The monoisotopic (exact) mass is 418 g/mol. The number of rotatable bonds is 4. The van der Waals surface area contributed by atoms with Gasteiger partial charge in [-0.3, -0.25) is 10.1 Å². The smallest absolute Gasteiger partial charge is 0.131 e. The number of fused-ring (bicyclic) bond motifs is 1. The van der Waals surface area contributed by atoms with Crippen LogP contribution < -0.4 is 9.80 Å². The summed E-state index contributed by atoms with van der Waals surface area (Å²) in [6.07, 6.45) is 3.48. The van der Waals surface area contributed by atoms with Crippen LogP contribution >= 0.6 is 0 Å². The number of hydrogen-bond acceptors (Lipinski definition) is 6. The molecule has 1 aliphatic rings. The van der Waals surface area contributed by atoms with Crippen molar-refractivity contribution in [2.24, 2.45) is 0 Å². The molecule has 1 fully saturated rings. The van der Waals surface area contributed by atoms with Crippen LogP contribution in [0.2, 0.25) is 0 Å². The van der Waals surface area contributed by atoms with Gasteiger partial charge in [-0.2, -0.15) is 5.10 Å². The molecule has 1 atom stereocenters. The lowest BCUT2D eigenvalue weighted by Crippen LogP contribution is -2.44. The van der Waals surface area contributed by atoms with E-state index in [9.17, 15) is 4.39 Å². The number of anilines is 3. The Hall–Kier alpha value is -3.52. The highest BCUT2D eigenvalue weighted by atomic mass is 19.1. The Morgan fingerprint density at radius 2 is 2.00 bits per heavy atom. The summed E-state index contributed by atoms with van der Waals surface area (Å²) in [7, 11) is 1.98. The second-order valence-corrected chi connectivity index (χ2v) is 7.68. The zero-order valence-electron chi connectivity index (χ0n) is 17.4. The van der Waals surface area contributed by atoms with Crippen molar-refractivity contribution in [3.63, 3.8) is 0 Å². The summed E-state index contributed by atoms with van der Waals surface area (Å²) >= 11 is 0. The normalized spacial score (nSPS) is 16.6. The van der Waals surface area contributed by atoms with Gasteiger partial charge in [0.25, 0.3) is 0 Å². The molecule has 1 aliphatic heterocycles. The number of ether oxygens (including phenoxy) is 1. The molecule has 1 N–H and O–H groups in total. The van der Waals surface area contributed by atoms with Gasteiger partial charge < -0.3 is 14.5 Å². The van der Waals surface area contributed by atoms with Crippen LogP contribution in [0.5, 0.6) is 0 Å². The molecule has 1 aromatic carbocycles. The number of halogens is 1. The van der Waals surface area contributed by atoms with Crippen LogP contribution in [-0.4, -0.2) is 53.0 Å². The van der Waals surface area contributed by atoms with Crippen molar-refractivity contribution in [2.75, 3.05) is 36.6 Å². The maximum atomic E-state index is 13.5. The molecule has 158 valence electrons. The number of pyridine rings is 2. The number of aromatic amines is 1. The summed E-state index contributed by atoms with van der Waals surface area (Å²) < 4.78 is 19.1. The molecule has 0 aliphatic carbocycles. The van der Waals surface area contributed by atoms with Crippen LogP contribution in [0.3, 0.4) is 0 Å². The molecule has 0 bridgehead atoms. The molecule has 4 aromatic rings. The van der Waals surface area contributed by atoms with E-state index in [1.165, 1.54) is 12.1 Å². The Bertz CT molecular complexity index is 1190. The minimum Gasteiger partial charge on any atom is -0.377 e. The fourth-order valence-corrected chi connectivity index (χ4v) is 4.00. The van der Waals surface area contributed by atoms with E-state index in [0.717, 1.165) is 46.0 Å². The average Bonchev–Trinajstić information content (AvgIpc) is 3.33. The van der Waals surface area contributed by atoms with Crippen LogP contribution in [0.15, 0.2) is 54.9 Å². The first kappa shape index (κ1) is 19.4. The van der Waals surface area contributed by atoms with Gasteiger partial charge in [-0.1, -0.05) is 0 Å². The van der Waals surface area contributed by atoms with Gasteiger partial charge in [-0.25, -0.2) is 9.37 Å². The molecule has 8 heteroatoms. The van der Waals surface area contributed by atoms with E-state index in [1.807, 2.05) is 19.2 Å². The highest BCUT2D eigenvalue weighted by molar-refractivity contribution is 6.01. The van der Waals surface area contributed by atoms with Gasteiger partial charge in [0.1, 0.15) is 22.8 Å². The molecule has 5 rings (SSSR count). The molecule has 0 spiro atoms. The third-order valence-corrected chi connectivity index (χ3v) is 5.69. The number of nitrogens with zero attached hydrogens (tertiary/aromatic N) is 5. The van der Waals surface area contributed by atoms with Gasteiger partial charge >= 0.3 is 0 Å². The summed E-state index contributed by atoms with van der Waals surface area (Å²) in [5, 5.41) is 8.03. The van der Waals surface area contributed by atoms with Gasteiger partial charge in [0.15, 0.2) is 0 Å². The third kappa shape index (κ3) is 3.59. The van der Waals surface area contributed by atoms with E-state index < -0.39 is 0 Å². The SMILES string of the molecule is C[C@@H]1COCCN1c1cc(N(C)c2ccc(F)cc2)c2ccnc(-c3ccn[nH]3)c2n1. The van der Waals surface area contributed by atoms with E-state index in [0.29, 0.717) is 13.2 Å². The summed E-state index contributed by atoms with van der Waals surface area (Å²) in [5.41, 5.74) is 4.18. The molecular weight excluding hydrogens is 395 g/mol. The Kier molecular flexibility index (Phi) is 4.99. The number of hydrogen-bond donors (Lipinski definition) is 1. The molecule has 0 unspecified atom stereocenters. The average molecular weight is 418 g/mol. The fourth-order valence-electron chi connectivity index (χ4n) is 4.00. The van der Waals surface area contributed by atoms with Gasteiger partial charge in [0.05, 0.1) is 30.6 Å². The Morgan fingerprint density at radius 1 is 1.16 bits per heavy atom. The Balaban J connectivity index is 1.72. The van der Waals surface area contributed by atoms with E-state index in [2.05, 4.69) is 38.0 Å². The second-order valence-electron chi connectivity index (χ2n) is 7.68. The lowest BCUT2D eigenvalue weighted by molar-refractivity contribution is 0.0986. The molecule has 4 heterocycles. The van der Waals surface area contributed by atoms with E-state index >= 15 is 0 Å². The quantitative estimate of drug-likeness (QED) is 0.537. The lowest BCUT2D eigenvalue weighted by Gasteiger charge is -2.35. The zero-order chi connectivity index (χ0) is 21.4. The Labute approximate surface area is 179 Å². The summed E-state index contributed by atoms with van der Waals surface area (Å²) in [6.45, 7) is 4.21. The molecule has 3 aromatic heterocycles. The summed E-state index contributed by atoms with van der Waals surface area (Å²) in [4.78, 5) is 13.9. The maximum Gasteiger partial charge on any atom is 0.131 e. The maximum absolute atomic E-state index is 13.5. The second kappa shape index (κ2) is 7.96. The summed E-state index contributed by atoms with van der Waals surface area (Å²) in [6, 6.07) is 12.6. The minimum absolute atomic E-state index is 0.204. The zero-order valence-corrected chi connectivity index (χ0v) is 17.4. The van der Waals surface area contributed by atoms with Gasteiger partial charge in [-0.15, -0.1) is 0 Å². The standard InChI is InChI=1S/C23H23FN6O/c1-15-14-31-12-11-30(15)21-13-20(29(2)17-5-3-16(24)4-6-17)18-7-9-25-23(22(18)27-21)19-8-10-26-28-19/h3-10,13,15H,11-12,14H2,1-2H3,(H,26,28)/t15-/m1/s1. The van der Waals surface area contributed by atoms with Crippen LogP contribution in [0, 0.1) is 5.82 Å². The van der Waals surface area contributed by atoms with Gasteiger partial charge in [0.2, 0.25) is 0 Å². The summed E-state index contributed by atoms with van der Waals surface area (Å²) in [5.74, 6) is 0.603. The number of nitrogens with one attached hydrogen (secondary N) is 1. The molecule has 31 heavy (non-hydrogen) atoms. The highest BCUT2D eigenvalue weighted by Crippen LogP contribution is 2.37. The van der Waals surface area contributed by atoms with Crippen molar-refractivity contribution >= 4 is 28.1 Å². The topological polar surface area (TPSA) is 70.2 Å². The van der Waals surface area contributed by atoms with Gasteiger partial charge in [-0.05, 0) is 43.3 Å². The predicted molar refractivity (Wildman–Crippen MR) is 119 cm³/mol. The molecular formula is C23H23FN6O. The first-order valence-electron chi connectivity index (χ1n) is 10.2. The van der Waals surface area contributed by atoms with E-state index in [4.69, 9.17) is 9.72 Å². The fraction of sp³-hybridized carbons (Fsp3) is 0.261. The molecule has 0 radical (unpaired) electrons. The largest absolute Gasteiger partial charge is 0.377 e. The van der Waals surface area contributed by atoms with Gasteiger partial charge in [0, 0.05) is 43.1 Å². The van der Waals surface area contributed by atoms with Crippen LogP contribution in [0.1, 0.15) is 6.92 Å². The van der Waals surface area contributed by atoms with Crippen LogP contribution in [-0.2, 0) is 4.74 Å². The highest BCUT2D eigenvalue weighted by Gasteiger charge is 2.23. The van der Waals surface area contributed by atoms with Crippen molar-refractivity contribution < 1.29 is 9.13 Å². The van der Waals surface area contributed by atoms with Crippen LogP contribution in [0.4, 0.5) is 21.6 Å². The van der Waals surface area contributed by atoms with Crippen molar-refractivity contribution in [3.05, 3.63) is 60.7 Å². The molecule has 0 amide bonds. The predicted octanol–water partition coefficient (Wildman–Crippen LogP) is 4.15. The molecule has 1 saturated heterocycles. The third-order valence-electron chi connectivity index (χ3n) is 5.69. The minimum atomic E-state index is -0.259. The van der Waals surface area contributed by atoms with Crippen molar-refractivity contribution in [1.82, 2.24) is 20.2 Å². The van der Waals surface area contributed by atoms with Crippen molar-refractivity contribution in [2.45, 2.75) is 13.0 Å². The first-order valence-corrected chi connectivity index (χ1v) is 10.2.